The van der Waals surface area contributed by atoms with Gasteiger partial charge in [-0.3, -0.25) is 0 Å². The molecular weight excluding hydrogens is 276 g/mol. The Hall–Kier alpha value is -2.82. The molecule has 0 saturated carbocycles. The van der Waals surface area contributed by atoms with E-state index in [0.29, 0.717) is 12.4 Å². The largest absolute Gasteiger partial charge is 0.441 e. The summed E-state index contributed by atoms with van der Waals surface area (Å²) in [6, 6.07) is 14.1. The molecule has 0 aliphatic carbocycles. The number of nitrogens with one attached hydrogen (secondary N) is 1. The minimum atomic E-state index is 0.657. The molecule has 0 atom stereocenters. The minimum Gasteiger partial charge on any atom is -0.441 e. The van der Waals surface area contributed by atoms with Gasteiger partial charge in [-0.2, -0.15) is 0 Å². The molecule has 0 aliphatic rings. The van der Waals surface area contributed by atoms with Crippen molar-refractivity contribution in [2.24, 2.45) is 7.05 Å². The number of fused-ring (bicyclic) bond motifs is 2. The average Bonchev–Trinajstić information content (AvgIpc) is 3.04. The average molecular weight is 292 g/mol. The molecule has 4 aromatic rings. The monoisotopic (exact) mass is 292 g/mol. The van der Waals surface area contributed by atoms with Crippen LogP contribution >= 0.6 is 0 Å². The highest BCUT2D eigenvalue weighted by Gasteiger charge is 2.07. The van der Waals surface area contributed by atoms with Gasteiger partial charge in [0.2, 0.25) is 0 Å². The second-order valence-corrected chi connectivity index (χ2v) is 5.34. The van der Waals surface area contributed by atoms with Crippen LogP contribution in [0.1, 0.15) is 11.7 Å². The lowest BCUT2D eigenvalue weighted by molar-refractivity contribution is 0.561. The molecule has 0 saturated heterocycles. The molecule has 2 aromatic heterocycles. The van der Waals surface area contributed by atoms with Crippen molar-refractivity contribution < 1.29 is 4.42 Å². The van der Waals surface area contributed by atoms with E-state index in [2.05, 4.69) is 25.9 Å². The van der Waals surface area contributed by atoms with Crippen LogP contribution in [0.15, 0.2) is 46.9 Å². The zero-order valence-electron chi connectivity index (χ0n) is 12.5. The molecule has 2 heterocycles. The van der Waals surface area contributed by atoms with Crippen LogP contribution in [0.2, 0.25) is 0 Å². The number of oxazole rings is 1. The van der Waals surface area contributed by atoms with E-state index < -0.39 is 0 Å². The van der Waals surface area contributed by atoms with Gasteiger partial charge in [0.1, 0.15) is 11.3 Å². The van der Waals surface area contributed by atoms with Crippen molar-refractivity contribution in [3.8, 4) is 0 Å². The van der Waals surface area contributed by atoms with E-state index in [-0.39, 0.29) is 0 Å². The molecule has 2 aromatic carbocycles. The van der Waals surface area contributed by atoms with E-state index in [4.69, 9.17) is 4.42 Å². The van der Waals surface area contributed by atoms with E-state index in [1.165, 1.54) is 0 Å². The van der Waals surface area contributed by atoms with Gasteiger partial charge in [0.15, 0.2) is 11.5 Å². The standard InChI is InChI=1S/C17H16N4O/c1-11-19-14-8-7-12(9-16(14)22-11)18-10-17-20-13-5-3-4-6-15(13)21(17)2/h3-9,18H,10H2,1-2H3. The minimum absolute atomic E-state index is 0.657. The Labute approximate surface area is 127 Å². The summed E-state index contributed by atoms with van der Waals surface area (Å²) < 4.78 is 7.67. The maximum Gasteiger partial charge on any atom is 0.192 e. The van der Waals surface area contributed by atoms with Gasteiger partial charge in [-0.15, -0.1) is 0 Å². The van der Waals surface area contributed by atoms with Crippen molar-refractivity contribution in [3.05, 3.63) is 54.2 Å². The Morgan fingerprint density at radius 2 is 1.95 bits per heavy atom. The molecule has 22 heavy (non-hydrogen) atoms. The third-order valence-corrected chi connectivity index (χ3v) is 3.83. The van der Waals surface area contributed by atoms with Crippen LogP contribution in [-0.2, 0) is 13.6 Å². The molecule has 0 spiro atoms. The molecule has 4 rings (SSSR count). The van der Waals surface area contributed by atoms with Crippen LogP contribution in [0.5, 0.6) is 0 Å². The number of nitrogens with zero attached hydrogens (tertiary/aromatic N) is 3. The number of rotatable bonds is 3. The van der Waals surface area contributed by atoms with E-state index >= 15 is 0 Å². The van der Waals surface area contributed by atoms with Crippen LogP contribution in [0.25, 0.3) is 22.1 Å². The fourth-order valence-electron chi connectivity index (χ4n) is 2.68. The first-order valence-corrected chi connectivity index (χ1v) is 7.22. The molecule has 0 unspecified atom stereocenters. The number of aryl methyl sites for hydroxylation is 2. The molecule has 110 valence electrons. The number of benzene rings is 2. The summed E-state index contributed by atoms with van der Waals surface area (Å²) in [5.41, 5.74) is 4.83. The molecule has 5 nitrogen and oxygen atoms in total. The zero-order valence-corrected chi connectivity index (χ0v) is 12.5. The predicted octanol–water partition coefficient (Wildman–Crippen LogP) is 3.64. The normalized spacial score (nSPS) is 11.4. The lowest BCUT2D eigenvalue weighted by Gasteiger charge is -2.06. The molecule has 5 heteroatoms. The number of imidazole rings is 1. The second kappa shape index (κ2) is 4.87. The molecular formula is C17H16N4O. The van der Waals surface area contributed by atoms with Gasteiger partial charge in [-0.1, -0.05) is 12.1 Å². The van der Waals surface area contributed by atoms with E-state index in [0.717, 1.165) is 33.6 Å². The van der Waals surface area contributed by atoms with Crippen LogP contribution in [-0.4, -0.2) is 14.5 Å². The van der Waals surface area contributed by atoms with Crippen molar-refractivity contribution in [3.63, 3.8) is 0 Å². The Morgan fingerprint density at radius 3 is 2.82 bits per heavy atom. The summed E-state index contributed by atoms with van der Waals surface area (Å²) in [5, 5.41) is 3.39. The van der Waals surface area contributed by atoms with E-state index in [1.807, 2.05) is 50.4 Å². The smallest absolute Gasteiger partial charge is 0.192 e. The summed E-state index contributed by atoms with van der Waals surface area (Å²) in [6.45, 7) is 2.51. The number of hydrogen-bond donors (Lipinski definition) is 1. The summed E-state index contributed by atoms with van der Waals surface area (Å²) in [7, 11) is 2.04. The summed E-state index contributed by atoms with van der Waals surface area (Å²) in [5.74, 6) is 1.68. The quantitative estimate of drug-likeness (QED) is 0.626. The van der Waals surface area contributed by atoms with Gasteiger partial charge in [0.05, 0.1) is 17.6 Å². The molecule has 0 fully saturated rings. The predicted molar refractivity (Wildman–Crippen MR) is 86.8 cm³/mol. The van der Waals surface area contributed by atoms with Gasteiger partial charge in [0.25, 0.3) is 0 Å². The van der Waals surface area contributed by atoms with Crippen molar-refractivity contribution in [1.82, 2.24) is 14.5 Å². The highest BCUT2D eigenvalue weighted by molar-refractivity contribution is 5.77. The van der Waals surface area contributed by atoms with E-state index in [1.54, 1.807) is 0 Å². The van der Waals surface area contributed by atoms with Crippen molar-refractivity contribution in [2.45, 2.75) is 13.5 Å². The Balaban J connectivity index is 1.60. The van der Waals surface area contributed by atoms with Gasteiger partial charge in [0, 0.05) is 25.7 Å². The zero-order chi connectivity index (χ0) is 15.1. The molecule has 0 amide bonds. The Kier molecular flexibility index (Phi) is 2.85. The third kappa shape index (κ3) is 2.11. The summed E-state index contributed by atoms with van der Waals surface area (Å²) in [6.07, 6.45) is 0. The first-order chi connectivity index (χ1) is 10.7. The van der Waals surface area contributed by atoms with Gasteiger partial charge < -0.3 is 14.3 Å². The first-order valence-electron chi connectivity index (χ1n) is 7.22. The Bertz CT molecular complexity index is 967. The SMILES string of the molecule is Cc1nc2ccc(NCc3nc4ccccc4n3C)cc2o1. The van der Waals surface area contributed by atoms with Crippen LogP contribution in [0, 0.1) is 6.92 Å². The van der Waals surface area contributed by atoms with Crippen molar-refractivity contribution in [2.75, 3.05) is 5.32 Å². The van der Waals surface area contributed by atoms with Crippen molar-refractivity contribution >= 4 is 27.8 Å². The maximum absolute atomic E-state index is 5.56. The number of anilines is 1. The molecule has 0 aliphatic heterocycles. The summed E-state index contributed by atoms with van der Waals surface area (Å²) in [4.78, 5) is 8.96. The topological polar surface area (TPSA) is 55.9 Å². The van der Waals surface area contributed by atoms with Crippen molar-refractivity contribution in [1.29, 1.82) is 0 Å². The molecule has 0 bridgehead atoms. The molecule has 0 radical (unpaired) electrons. The fourth-order valence-corrected chi connectivity index (χ4v) is 2.68. The highest BCUT2D eigenvalue weighted by atomic mass is 16.3. The highest BCUT2D eigenvalue weighted by Crippen LogP contribution is 2.21. The van der Waals surface area contributed by atoms with Gasteiger partial charge in [-0.25, -0.2) is 9.97 Å². The van der Waals surface area contributed by atoms with Gasteiger partial charge in [-0.05, 0) is 24.3 Å². The second-order valence-electron chi connectivity index (χ2n) is 5.34. The number of hydrogen-bond acceptors (Lipinski definition) is 4. The first kappa shape index (κ1) is 12.9. The van der Waals surface area contributed by atoms with Crippen LogP contribution in [0.3, 0.4) is 0 Å². The van der Waals surface area contributed by atoms with Crippen LogP contribution < -0.4 is 5.32 Å². The van der Waals surface area contributed by atoms with Gasteiger partial charge >= 0.3 is 0 Å². The third-order valence-electron chi connectivity index (χ3n) is 3.83. The lowest BCUT2D eigenvalue weighted by atomic mass is 10.3. The fraction of sp³-hybridized carbons (Fsp3) is 0.176. The number of aromatic nitrogens is 3. The maximum atomic E-state index is 5.56. The summed E-state index contributed by atoms with van der Waals surface area (Å²) >= 11 is 0. The molecule has 1 N–H and O–H groups in total. The van der Waals surface area contributed by atoms with Crippen LogP contribution in [0.4, 0.5) is 5.69 Å². The van der Waals surface area contributed by atoms with E-state index in [9.17, 15) is 0 Å². The lowest BCUT2D eigenvalue weighted by Crippen LogP contribution is -2.05. The number of para-hydroxylation sites is 2. The Morgan fingerprint density at radius 1 is 1.09 bits per heavy atom.